The summed E-state index contributed by atoms with van der Waals surface area (Å²) < 4.78 is 0. The minimum absolute atomic E-state index is 0.0779. The number of ketones is 1. The summed E-state index contributed by atoms with van der Waals surface area (Å²) in [5.74, 6) is -2.05. The van der Waals surface area contributed by atoms with Crippen LogP contribution in [0.15, 0.2) is 48.5 Å². The molecule has 3 fully saturated rings. The Labute approximate surface area is 191 Å². The largest absolute Gasteiger partial charge is 0.310 e. The number of carbonyl (C=O) groups excluding carboxylic acids is 4. The lowest BCUT2D eigenvalue weighted by atomic mass is 9.75. The molecule has 0 radical (unpaired) electrons. The maximum atomic E-state index is 14.1. The molecule has 4 atom stereocenters. The first-order valence-electron chi connectivity index (χ1n) is 11.6. The molecule has 0 saturated carbocycles. The first kappa shape index (κ1) is 20.3. The normalized spacial score (nSPS) is 30.4. The zero-order valence-corrected chi connectivity index (χ0v) is 18.7. The Bertz CT molecular complexity index is 1220. The Morgan fingerprint density at radius 1 is 1.03 bits per heavy atom. The van der Waals surface area contributed by atoms with Gasteiger partial charge in [0.1, 0.15) is 5.54 Å². The zero-order chi connectivity index (χ0) is 23.1. The highest BCUT2D eigenvalue weighted by Gasteiger charge is 2.75. The van der Waals surface area contributed by atoms with Crippen molar-refractivity contribution in [1.82, 2.24) is 4.90 Å². The lowest BCUT2D eigenvalue weighted by Gasteiger charge is -2.37. The Morgan fingerprint density at radius 2 is 1.76 bits per heavy atom. The number of amides is 3. The van der Waals surface area contributed by atoms with E-state index in [9.17, 15) is 19.2 Å². The van der Waals surface area contributed by atoms with E-state index < -0.39 is 17.4 Å². The molecule has 7 nitrogen and oxygen atoms in total. The van der Waals surface area contributed by atoms with Crippen molar-refractivity contribution in [2.24, 2.45) is 11.8 Å². The van der Waals surface area contributed by atoms with E-state index in [0.717, 1.165) is 24.1 Å². The number of likely N-dealkylation sites (N-methyl/N-ethyl adjacent to an activating group) is 1. The summed E-state index contributed by atoms with van der Waals surface area (Å²) in [4.78, 5) is 58.7. The molecule has 7 heteroatoms. The van der Waals surface area contributed by atoms with E-state index in [4.69, 9.17) is 0 Å². The molecule has 0 aliphatic carbocycles. The summed E-state index contributed by atoms with van der Waals surface area (Å²) >= 11 is 0. The summed E-state index contributed by atoms with van der Waals surface area (Å²) in [5, 5.41) is 0. The summed E-state index contributed by atoms with van der Waals surface area (Å²) in [7, 11) is 0. The molecule has 6 rings (SSSR count). The second kappa shape index (κ2) is 6.84. The molecule has 0 N–H and O–H groups in total. The number of nitrogens with zero attached hydrogens (tertiary/aromatic N) is 3. The minimum Gasteiger partial charge on any atom is -0.310 e. The van der Waals surface area contributed by atoms with Gasteiger partial charge in [0.25, 0.3) is 5.91 Å². The van der Waals surface area contributed by atoms with Crippen LogP contribution >= 0.6 is 0 Å². The fraction of sp³-hybridized carbons (Fsp3) is 0.385. The molecule has 168 valence electrons. The molecule has 3 saturated heterocycles. The number of benzene rings is 2. The van der Waals surface area contributed by atoms with Crippen LogP contribution in [0.2, 0.25) is 0 Å². The second-order valence-corrected chi connectivity index (χ2v) is 9.35. The van der Waals surface area contributed by atoms with Crippen LogP contribution in [0.4, 0.5) is 11.4 Å². The number of fused-ring (bicyclic) bond motifs is 7. The molecule has 2 aromatic rings. The van der Waals surface area contributed by atoms with Gasteiger partial charge in [-0.05, 0) is 63.6 Å². The third-order valence-electron chi connectivity index (χ3n) is 7.99. The van der Waals surface area contributed by atoms with Gasteiger partial charge in [-0.25, -0.2) is 4.90 Å². The predicted molar refractivity (Wildman–Crippen MR) is 122 cm³/mol. The Balaban J connectivity index is 1.52. The van der Waals surface area contributed by atoms with Crippen LogP contribution < -0.4 is 9.80 Å². The van der Waals surface area contributed by atoms with Gasteiger partial charge in [-0.3, -0.25) is 24.1 Å². The molecule has 4 aliphatic heterocycles. The first-order chi connectivity index (χ1) is 15.9. The van der Waals surface area contributed by atoms with Gasteiger partial charge in [-0.2, -0.15) is 0 Å². The van der Waals surface area contributed by atoms with Gasteiger partial charge in [0, 0.05) is 29.4 Å². The highest BCUT2D eigenvalue weighted by Crippen LogP contribution is 2.61. The van der Waals surface area contributed by atoms with Crippen LogP contribution in [0, 0.1) is 11.8 Å². The first-order valence-corrected chi connectivity index (χ1v) is 11.6. The van der Waals surface area contributed by atoms with Crippen LogP contribution in [0.3, 0.4) is 0 Å². The molecule has 0 unspecified atom stereocenters. The number of Topliss-reactive ketones (excluding diaryl/α,β-unsaturated/α-hetero) is 1. The van der Waals surface area contributed by atoms with Crippen LogP contribution in [0.1, 0.15) is 42.6 Å². The quantitative estimate of drug-likeness (QED) is 0.539. The topological polar surface area (TPSA) is 78.0 Å². The highest BCUT2D eigenvalue weighted by molar-refractivity contribution is 6.26. The number of hydrogen-bond acceptors (Lipinski definition) is 5. The van der Waals surface area contributed by atoms with Gasteiger partial charge in [-0.1, -0.05) is 18.2 Å². The maximum absolute atomic E-state index is 14.1. The van der Waals surface area contributed by atoms with E-state index >= 15 is 0 Å². The summed E-state index contributed by atoms with van der Waals surface area (Å²) in [5.41, 5.74) is 1.51. The van der Waals surface area contributed by atoms with Gasteiger partial charge in [0.05, 0.1) is 17.5 Å². The summed E-state index contributed by atoms with van der Waals surface area (Å²) in [6.45, 7) is 4.62. The maximum Gasteiger partial charge on any atom is 0.253 e. The van der Waals surface area contributed by atoms with Crippen LogP contribution in [-0.2, 0) is 19.9 Å². The number of para-hydroxylation sites is 1. The van der Waals surface area contributed by atoms with E-state index in [1.807, 2.05) is 31.2 Å². The van der Waals surface area contributed by atoms with Crippen molar-refractivity contribution in [2.45, 2.75) is 38.3 Å². The summed E-state index contributed by atoms with van der Waals surface area (Å²) in [6.07, 6.45) is 1.69. The molecule has 0 aromatic heterocycles. The smallest absolute Gasteiger partial charge is 0.253 e. The third-order valence-corrected chi connectivity index (χ3v) is 7.99. The fourth-order valence-corrected chi connectivity index (χ4v) is 6.75. The average Bonchev–Trinajstić information content (AvgIpc) is 3.51. The lowest BCUT2D eigenvalue weighted by molar-refractivity contribution is -0.137. The monoisotopic (exact) mass is 443 g/mol. The average molecular weight is 444 g/mol. The number of carbonyl (C=O) groups is 4. The molecule has 3 amide bonds. The zero-order valence-electron chi connectivity index (χ0n) is 18.7. The third kappa shape index (κ3) is 2.33. The van der Waals surface area contributed by atoms with Crippen LogP contribution in [-0.4, -0.2) is 47.5 Å². The molecular formula is C26H25N3O4. The Morgan fingerprint density at radius 3 is 2.45 bits per heavy atom. The lowest BCUT2D eigenvalue weighted by Crippen LogP contribution is -2.56. The Kier molecular flexibility index (Phi) is 4.21. The van der Waals surface area contributed by atoms with Crippen molar-refractivity contribution in [1.29, 1.82) is 0 Å². The molecular weight excluding hydrogens is 418 g/mol. The molecule has 1 spiro atoms. The number of rotatable bonds is 3. The molecule has 4 heterocycles. The standard InChI is InChI=1S/C26H25N3O4/c1-3-27-19-8-5-4-7-18(19)26(25(27)33)22-21(20-9-6-14-28(20)26)23(31)29(24(22)32)17-12-10-16(11-13-17)15(2)30/h4-5,7-8,10-13,20-22H,3,6,9,14H2,1-2H3/t20-,21-,22-,26-/m0/s1. The van der Waals surface area contributed by atoms with Gasteiger partial charge in [0.2, 0.25) is 11.8 Å². The van der Waals surface area contributed by atoms with Crippen LogP contribution in [0.25, 0.3) is 0 Å². The predicted octanol–water partition coefficient (Wildman–Crippen LogP) is 2.73. The Hall–Kier alpha value is -3.32. The fourth-order valence-electron chi connectivity index (χ4n) is 6.75. The number of hydrogen-bond donors (Lipinski definition) is 0. The number of imide groups is 1. The molecule has 0 bridgehead atoms. The van der Waals surface area contributed by atoms with E-state index in [0.29, 0.717) is 24.3 Å². The van der Waals surface area contributed by atoms with E-state index in [1.54, 1.807) is 29.2 Å². The van der Waals surface area contributed by atoms with Crippen molar-refractivity contribution >= 4 is 34.9 Å². The van der Waals surface area contributed by atoms with Crippen molar-refractivity contribution < 1.29 is 19.2 Å². The van der Waals surface area contributed by atoms with Gasteiger partial charge in [-0.15, -0.1) is 0 Å². The minimum atomic E-state index is -1.14. The van der Waals surface area contributed by atoms with Crippen LogP contribution in [0.5, 0.6) is 0 Å². The van der Waals surface area contributed by atoms with E-state index in [2.05, 4.69) is 4.90 Å². The van der Waals surface area contributed by atoms with Gasteiger partial charge < -0.3 is 4.90 Å². The SMILES string of the molecule is CCN1C(=O)[C@]2(c3ccccc31)[C@@H]1C(=O)N(c3ccc(C(C)=O)cc3)C(=O)[C@H]1[C@@H]1CCCN12. The highest BCUT2D eigenvalue weighted by atomic mass is 16.2. The second-order valence-electron chi connectivity index (χ2n) is 9.35. The molecule has 33 heavy (non-hydrogen) atoms. The van der Waals surface area contributed by atoms with Crippen molar-refractivity contribution in [2.75, 3.05) is 22.9 Å². The van der Waals surface area contributed by atoms with Crippen molar-refractivity contribution in [3.05, 3.63) is 59.7 Å². The summed E-state index contributed by atoms with van der Waals surface area (Å²) in [6, 6.07) is 14.1. The van der Waals surface area contributed by atoms with Crippen molar-refractivity contribution in [3.8, 4) is 0 Å². The van der Waals surface area contributed by atoms with Gasteiger partial charge >= 0.3 is 0 Å². The van der Waals surface area contributed by atoms with Gasteiger partial charge in [0.15, 0.2) is 5.78 Å². The molecule has 4 aliphatic rings. The van der Waals surface area contributed by atoms with Crippen molar-refractivity contribution in [3.63, 3.8) is 0 Å². The number of anilines is 2. The van der Waals surface area contributed by atoms with E-state index in [-0.39, 0.29) is 29.5 Å². The molecule has 2 aromatic carbocycles. The van der Waals surface area contributed by atoms with E-state index in [1.165, 1.54) is 11.8 Å².